The van der Waals surface area contributed by atoms with E-state index in [4.69, 9.17) is 11.6 Å². The average Bonchev–Trinajstić information content (AvgIpc) is 2.48. The Bertz CT molecular complexity index is 686. The van der Waals surface area contributed by atoms with E-state index in [2.05, 4.69) is 0 Å². The molecule has 3 nitrogen and oxygen atoms in total. The molecule has 2 rings (SSSR count). The van der Waals surface area contributed by atoms with Gasteiger partial charge in [0.1, 0.15) is 0 Å². The first-order valence-electron chi connectivity index (χ1n) is 6.71. The highest BCUT2D eigenvalue weighted by atomic mass is 35.5. The van der Waals surface area contributed by atoms with Gasteiger partial charge in [0.05, 0.1) is 4.90 Å². The molecule has 0 N–H and O–H groups in total. The average molecular weight is 324 g/mol. The standard InChI is InChI=1S/C16H18ClNO2S/c1-14-6-5-9-16(12-14)21(19,20)18(11-10-17)13-15-7-3-2-4-8-15/h2-9,12H,10-11,13H2,1H3. The van der Waals surface area contributed by atoms with E-state index in [1.54, 1.807) is 18.2 Å². The fourth-order valence-corrected chi connectivity index (χ4v) is 3.93. The van der Waals surface area contributed by atoms with E-state index in [1.807, 2.05) is 43.3 Å². The summed E-state index contributed by atoms with van der Waals surface area (Å²) in [5, 5.41) is 0. The summed E-state index contributed by atoms with van der Waals surface area (Å²) in [5.41, 5.74) is 1.86. The molecule has 0 saturated carbocycles. The van der Waals surface area contributed by atoms with E-state index >= 15 is 0 Å². The highest BCUT2D eigenvalue weighted by Crippen LogP contribution is 2.19. The number of alkyl halides is 1. The molecule has 0 aliphatic carbocycles. The van der Waals surface area contributed by atoms with Crippen LogP contribution in [0.1, 0.15) is 11.1 Å². The Balaban J connectivity index is 2.32. The fourth-order valence-electron chi connectivity index (χ4n) is 2.09. The molecule has 112 valence electrons. The predicted molar refractivity (Wildman–Crippen MR) is 85.9 cm³/mol. The van der Waals surface area contributed by atoms with Crippen molar-refractivity contribution in [3.05, 3.63) is 65.7 Å². The molecule has 0 fully saturated rings. The summed E-state index contributed by atoms with van der Waals surface area (Å²) in [4.78, 5) is 0.309. The smallest absolute Gasteiger partial charge is 0.207 e. The molecule has 0 spiro atoms. The summed E-state index contributed by atoms with van der Waals surface area (Å²) in [5.74, 6) is 0.262. The molecule has 0 aliphatic heterocycles. The van der Waals surface area contributed by atoms with Crippen molar-refractivity contribution in [1.82, 2.24) is 4.31 Å². The molecule has 2 aromatic rings. The Morgan fingerprint density at radius 3 is 2.38 bits per heavy atom. The van der Waals surface area contributed by atoms with Crippen LogP contribution in [0.15, 0.2) is 59.5 Å². The van der Waals surface area contributed by atoms with Gasteiger partial charge in [-0.1, -0.05) is 42.5 Å². The van der Waals surface area contributed by atoms with Crippen LogP contribution in [0.5, 0.6) is 0 Å². The molecule has 0 radical (unpaired) electrons. The number of benzene rings is 2. The van der Waals surface area contributed by atoms with Gasteiger partial charge in [0, 0.05) is 19.0 Å². The van der Waals surface area contributed by atoms with Crippen molar-refractivity contribution in [2.75, 3.05) is 12.4 Å². The lowest BCUT2D eigenvalue weighted by Crippen LogP contribution is -2.32. The Kier molecular flexibility index (Phi) is 5.39. The first-order valence-corrected chi connectivity index (χ1v) is 8.68. The molecule has 0 aliphatic rings. The molecule has 0 amide bonds. The van der Waals surface area contributed by atoms with E-state index < -0.39 is 10.0 Å². The van der Waals surface area contributed by atoms with Crippen LogP contribution in [-0.2, 0) is 16.6 Å². The zero-order valence-corrected chi connectivity index (χ0v) is 13.4. The number of rotatable bonds is 6. The van der Waals surface area contributed by atoms with Gasteiger partial charge in [0.25, 0.3) is 0 Å². The van der Waals surface area contributed by atoms with Gasteiger partial charge in [-0.3, -0.25) is 0 Å². The second-order valence-electron chi connectivity index (χ2n) is 4.83. The van der Waals surface area contributed by atoms with Crippen molar-refractivity contribution in [1.29, 1.82) is 0 Å². The maximum absolute atomic E-state index is 12.7. The summed E-state index contributed by atoms with van der Waals surface area (Å²) in [6, 6.07) is 16.5. The SMILES string of the molecule is Cc1cccc(S(=O)(=O)N(CCCl)Cc2ccccc2)c1. The third-order valence-corrected chi connectivity index (χ3v) is 5.17. The van der Waals surface area contributed by atoms with E-state index in [9.17, 15) is 8.42 Å². The minimum atomic E-state index is -3.54. The van der Waals surface area contributed by atoms with Crippen LogP contribution in [0.3, 0.4) is 0 Å². The van der Waals surface area contributed by atoms with Gasteiger partial charge in [0.15, 0.2) is 0 Å². The molecule has 0 bridgehead atoms. The third kappa shape index (κ3) is 4.06. The van der Waals surface area contributed by atoms with Crippen LogP contribution in [0.2, 0.25) is 0 Å². The number of hydrogen-bond donors (Lipinski definition) is 0. The number of sulfonamides is 1. The second-order valence-corrected chi connectivity index (χ2v) is 7.15. The zero-order chi connectivity index (χ0) is 15.3. The molecule has 0 heterocycles. The van der Waals surface area contributed by atoms with Gasteiger partial charge in [-0.15, -0.1) is 11.6 Å². The molecular formula is C16H18ClNO2S. The summed E-state index contributed by atoms with van der Waals surface area (Å²) >= 11 is 5.78. The number of hydrogen-bond acceptors (Lipinski definition) is 2. The molecule has 5 heteroatoms. The minimum absolute atomic E-state index is 0.262. The normalized spacial score (nSPS) is 11.8. The van der Waals surface area contributed by atoms with Crippen molar-refractivity contribution >= 4 is 21.6 Å². The largest absolute Gasteiger partial charge is 0.243 e. The number of aryl methyl sites for hydroxylation is 1. The van der Waals surface area contributed by atoms with Crippen molar-refractivity contribution in [2.45, 2.75) is 18.4 Å². The minimum Gasteiger partial charge on any atom is -0.207 e. The van der Waals surface area contributed by atoms with Crippen LogP contribution in [0, 0.1) is 6.92 Å². The van der Waals surface area contributed by atoms with Gasteiger partial charge in [-0.05, 0) is 30.2 Å². The first kappa shape index (κ1) is 16.0. The molecule has 0 atom stereocenters. The van der Waals surface area contributed by atoms with Crippen LogP contribution in [0.4, 0.5) is 0 Å². The van der Waals surface area contributed by atoms with Gasteiger partial charge in [0.2, 0.25) is 10.0 Å². The topological polar surface area (TPSA) is 37.4 Å². The monoisotopic (exact) mass is 323 g/mol. The van der Waals surface area contributed by atoms with Crippen LogP contribution >= 0.6 is 11.6 Å². The fraction of sp³-hybridized carbons (Fsp3) is 0.250. The zero-order valence-electron chi connectivity index (χ0n) is 11.9. The Hall–Kier alpha value is -1.36. The molecular weight excluding hydrogens is 306 g/mol. The summed E-state index contributed by atoms with van der Waals surface area (Å²) < 4.78 is 26.9. The van der Waals surface area contributed by atoms with Crippen molar-refractivity contribution in [2.24, 2.45) is 0 Å². The molecule has 0 aromatic heterocycles. The Labute approximate surface area is 131 Å². The summed E-state index contributed by atoms with van der Waals surface area (Å²) in [6.07, 6.45) is 0. The lowest BCUT2D eigenvalue weighted by Gasteiger charge is -2.21. The Morgan fingerprint density at radius 1 is 1.05 bits per heavy atom. The highest BCUT2D eigenvalue weighted by molar-refractivity contribution is 7.89. The second kappa shape index (κ2) is 7.07. The molecule has 0 saturated heterocycles. The molecule has 2 aromatic carbocycles. The van der Waals surface area contributed by atoms with Crippen LogP contribution in [-0.4, -0.2) is 25.1 Å². The highest BCUT2D eigenvalue weighted by Gasteiger charge is 2.24. The van der Waals surface area contributed by atoms with Gasteiger partial charge in [-0.25, -0.2) is 8.42 Å². The van der Waals surface area contributed by atoms with E-state index in [0.717, 1.165) is 11.1 Å². The van der Waals surface area contributed by atoms with Crippen molar-refractivity contribution in [3.8, 4) is 0 Å². The Morgan fingerprint density at radius 2 is 1.76 bits per heavy atom. The van der Waals surface area contributed by atoms with Crippen molar-refractivity contribution in [3.63, 3.8) is 0 Å². The quantitative estimate of drug-likeness (QED) is 0.764. The predicted octanol–water partition coefficient (Wildman–Crippen LogP) is 3.42. The van der Waals surface area contributed by atoms with Gasteiger partial charge < -0.3 is 0 Å². The van der Waals surface area contributed by atoms with E-state index in [0.29, 0.717) is 11.4 Å². The number of nitrogens with zero attached hydrogens (tertiary/aromatic N) is 1. The molecule has 0 unspecified atom stereocenters. The van der Waals surface area contributed by atoms with E-state index in [1.165, 1.54) is 4.31 Å². The summed E-state index contributed by atoms with van der Waals surface area (Å²) in [6.45, 7) is 2.48. The van der Waals surface area contributed by atoms with Gasteiger partial charge in [-0.2, -0.15) is 4.31 Å². The van der Waals surface area contributed by atoms with Crippen LogP contribution < -0.4 is 0 Å². The third-order valence-electron chi connectivity index (χ3n) is 3.16. The maximum atomic E-state index is 12.7. The van der Waals surface area contributed by atoms with Crippen molar-refractivity contribution < 1.29 is 8.42 Å². The van der Waals surface area contributed by atoms with Crippen LogP contribution in [0.25, 0.3) is 0 Å². The summed E-state index contributed by atoms with van der Waals surface area (Å²) in [7, 11) is -3.54. The lowest BCUT2D eigenvalue weighted by atomic mass is 10.2. The van der Waals surface area contributed by atoms with E-state index in [-0.39, 0.29) is 12.4 Å². The number of halogens is 1. The maximum Gasteiger partial charge on any atom is 0.243 e. The first-order chi connectivity index (χ1) is 10.0. The van der Waals surface area contributed by atoms with Gasteiger partial charge >= 0.3 is 0 Å². The lowest BCUT2D eigenvalue weighted by molar-refractivity contribution is 0.425. The molecule has 21 heavy (non-hydrogen) atoms.